The molecule has 4 heteroatoms. The van der Waals surface area contributed by atoms with Gasteiger partial charge in [-0.05, 0) is 53.5 Å². The fourth-order valence-corrected chi connectivity index (χ4v) is 2.73. The topological polar surface area (TPSA) is 41.6 Å². The monoisotopic (exact) mass is 348 g/mol. The first-order valence-corrected chi connectivity index (χ1v) is 9.33. The second kappa shape index (κ2) is 9.23. The summed E-state index contributed by atoms with van der Waals surface area (Å²) in [6, 6.07) is 10.8. The van der Waals surface area contributed by atoms with Crippen molar-refractivity contribution in [2.45, 2.75) is 78.5 Å². The molecule has 4 nitrogen and oxygen atoms in total. The molecular formula is C21H36N2O2. The first-order chi connectivity index (χ1) is 11.5. The number of nitrogens with one attached hydrogen (secondary N) is 1. The minimum absolute atomic E-state index is 0.256. The van der Waals surface area contributed by atoms with Gasteiger partial charge in [-0.15, -0.1) is 0 Å². The average molecular weight is 349 g/mol. The van der Waals surface area contributed by atoms with E-state index in [0.717, 1.165) is 19.4 Å². The van der Waals surface area contributed by atoms with E-state index in [4.69, 9.17) is 4.74 Å². The number of benzene rings is 1. The summed E-state index contributed by atoms with van der Waals surface area (Å²) in [4.78, 5) is 14.4. The number of carbonyl (C=O) groups excluding carboxylic acids is 1. The molecule has 0 aromatic heterocycles. The molecule has 0 fully saturated rings. The third kappa shape index (κ3) is 7.91. The molecule has 1 rings (SSSR count). The number of hydrogen-bond donors (Lipinski definition) is 1. The molecule has 0 saturated carbocycles. The molecule has 0 aliphatic heterocycles. The molecule has 142 valence electrons. The molecule has 1 amide bonds. The van der Waals surface area contributed by atoms with Crippen LogP contribution in [0.4, 0.5) is 4.79 Å². The van der Waals surface area contributed by atoms with E-state index < -0.39 is 5.60 Å². The van der Waals surface area contributed by atoms with Crippen molar-refractivity contribution < 1.29 is 9.53 Å². The second-order valence-electron chi connectivity index (χ2n) is 8.51. The van der Waals surface area contributed by atoms with Crippen LogP contribution in [-0.4, -0.2) is 35.2 Å². The van der Waals surface area contributed by atoms with Crippen molar-refractivity contribution >= 4 is 6.09 Å². The molecule has 0 bridgehead atoms. The molecule has 1 atom stereocenters. The van der Waals surface area contributed by atoms with Crippen LogP contribution < -0.4 is 5.32 Å². The summed E-state index contributed by atoms with van der Waals surface area (Å²) in [6.45, 7) is 15.4. The first-order valence-electron chi connectivity index (χ1n) is 9.33. The lowest BCUT2D eigenvalue weighted by molar-refractivity contribution is 0.00644. The van der Waals surface area contributed by atoms with Crippen molar-refractivity contribution in [3.8, 4) is 0 Å². The van der Waals surface area contributed by atoms with Gasteiger partial charge in [-0.1, -0.05) is 43.7 Å². The zero-order valence-corrected chi connectivity index (χ0v) is 17.1. The van der Waals surface area contributed by atoms with Crippen LogP contribution in [0.1, 0.15) is 72.9 Å². The van der Waals surface area contributed by atoms with Crippen molar-refractivity contribution in [2.24, 2.45) is 0 Å². The predicted molar refractivity (Wildman–Crippen MR) is 105 cm³/mol. The van der Waals surface area contributed by atoms with Crippen molar-refractivity contribution in [3.63, 3.8) is 0 Å². The Labute approximate surface area is 153 Å². The van der Waals surface area contributed by atoms with Crippen LogP contribution in [0.3, 0.4) is 0 Å². The van der Waals surface area contributed by atoms with Gasteiger partial charge in [0.25, 0.3) is 0 Å². The van der Waals surface area contributed by atoms with Gasteiger partial charge < -0.3 is 15.0 Å². The Morgan fingerprint density at radius 2 is 1.72 bits per heavy atom. The minimum Gasteiger partial charge on any atom is -0.444 e. The number of carbonyl (C=O) groups is 1. The first kappa shape index (κ1) is 21.5. The summed E-state index contributed by atoms with van der Waals surface area (Å²) < 4.78 is 5.58. The van der Waals surface area contributed by atoms with Gasteiger partial charge in [0.15, 0.2) is 0 Å². The van der Waals surface area contributed by atoms with Crippen LogP contribution in [0.2, 0.25) is 0 Å². The molecule has 0 aliphatic rings. The Morgan fingerprint density at radius 3 is 2.20 bits per heavy atom. The van der Waals surface area contributed by atoms with Gasteiger partial charge in [-0.25, -0.2) is 4.79 Å². The SMILES string of the molecule is CCCC(NCCN(C(=O)OC(C)(C)C)C(C)(C)C)c1ccccc1. The van der Waals surface area contributed by atoms with Crippen LogP contribution in [-0.2, 0) is 4.74 Å². The summed E-state index contributed by atoms with van der Waals surface area (Å²) in [5.74, 6) is 0. The maximum absolute atomic E-state index is 12.6. The molecule has 0 heterocycles. The van der Waals surface area contributed by atoms with E-state index in [2.05, 4.69) is 36.5 Å². The molecule has 0 radical (unpaired) electrons. The van der Waals surface area contributed by atoms with Gasteiger partial charge >= 0.3 is 6.09 Å². The quantitative estimate of drug-likeness (QED) is 0.740. The second-order valence-corrected chi connectivity index (χ2v) is 8.51. The summed E-state index contributed by atoms with van der Waals surface area (Å²) >= 11 is 0. The van der Waals surface area contributed by atoms with Crippen LogP contribution >= 0.6 is 0 Å². The molecule has 25 heavy (non-hydrogen) atoms. The Kier molecular flexibility index (Phi) is 7.94. The van der Waals surface area contributed by atoms with Crippen molar-refractivity contribution in [1.82, 2.24) is 10.2 Å². The molecule has 0 saturated heterocycles. The molecular weight excluding hydrogens is 312 g/mol. The van der Waals surface area contributed by atoms with Crippen molar-refractivity contribution in [1.29, 1.82) is 0 Å². The summed E-state index contributed by atoms with van der Waals surface area (Å²) in [7, 11) is 0. The Bertz CT molecular complexity index is 515. The highest BCUT2D eigenvalue weighted by Gasteiger charge is 2.30. The van der Waals surface area contributed by atoms with Gasteiger partial charge in [0, 0.05) is 24.7 Å². The Balaban J connectivity index is 2.71. The lowest BCUT2D eigenvalue weighted by Crippen LogP contribution is -2.50. The standard InChI is InChI=1S/C21H36N2O2/c1-8-12-18(17-13-10-9-11-14-17)22-15-16-23(20(2,3)4)19(24)25-21(5,6)7/h9-11,13-14,18,22H,8,12,15-16H2,1-7H3. The van der Waals surface area contributed by atoms with E-state index in [1.54, 1.807) is 4.90 Å². The van der Waals surface area contributed by atoms with Gasteiger partial charge in [0.2, 0.25) is 0 Å². The largest absolute Gasteiger partial charge is 0.444 e. The van der Waals surface area contributed by atoms with E-state index in [9.17, 15) is 4.79 Å². The van der Waals surface area contributed by atoms with E-state index >= 15 is 0 Å². The fourth-order valence-electron chi connectivity index (χ4n) is 2.73. The highest BCUT2D eigenvalue weighted by molar-refractivity contribution is 5.69. The summed E-state index contributed by atoms with van der Waals surface area (Å²) in [6.07, 6.45) is 1.93. The average Bonchev–Trinajstić information content (AvgIpc) is 2.48. The number of ether oxygens (including phenoxy) is 1. The van der Waals surface area contributed by atoms with Crippen LogP contribution in [0, 0.1) is 0 Å². The normalized spacial score (nSPS) is 13.4. The molecule has 1 aromatic carbocycles. The maximum atomic E-state index is 12.6. The molecule has 1 N–H and O–H groups in total. The third-order valence-corrected chi connectivity index (χ3v) is 3.93. The summed E-state index contributed by atoms with van der Waals surface area (Å²) in [5, 5.41) is 3.61. The number of hydrogen-bond acceptors (Lipinski definition) is 3. The number of amides is 1. The summed E-state index contributed by atoms with van der Waals surface area (Å²) in [5.41, 5.74) is 0.531. The highest BCUT2D eigenvalue weighted by atomic mass is 16.6. The van der Waals surface area contributed by atoms with Gasteiger partial charge in [0.1, 0.15) is 5.60 Å². The van der Waals surface area contributed by atoms with Gasteiger partial charge in [0.05, 0.1) is 0 Å². The fraction of sp³-hybridized carbons (Fsp3) is 0.667. The number of nitrogens with zero attached hydrogens (tertiary/aromatic N) is 1. The van der Waals surface area contributed by atoms with E-state index in [-0.39, 0.29) is 11.6 Å². The van der Waals surface area contributed by atoms with Crippen LogP contribution in [0.5, 0.6) is 0 Å². The minimum atomic E-state index is -0.483. The molecule has 0 spiro atoms. The molecule has 0 aliphatic carbocycles. The Hall–Kier alpha value is -1.55. The van der Waals surface area contributed by atoms with Gasteiger partial charge in [-0.2, -0.15) is 0 Å². The van der Waals surface area contributed by atoms with E-state index in [1.165, 1.54) is 5.56 Å². The third-order valence-electron chi connectivity index (χ3n) is 3.93. The zero-order valence-electron chi connectivity index (χ0n) is 17.1. The highest BCUT2D eigenvalue weighted by Crippen LogP contribution is 2.20. The lowest BCUT2D eigenvalue weighted by Gasteiger charge is -2.37. The zero-order chi connectivity index (χ0) is 19.1. The number of rotatable bonds is 7. The smallest absolute Gasteiger partial charge is 0.410 e. The maximum Gasteiger partial charge on any atom is 0.410 e. The predicted octanol–water partition coefficient (Wildman–Crippen LogP) is 5.15. The van der Waals surface area contributed by atoms with Crippen molar-refractivity contribution in [3.05, 3.63) is 35.9 Å². The van der Waals surface area contributed by atoms with Gasteiger partial charge in [-0.3, -0.25) is 0 Å². The van der Waals surface area contributed by atoms with Crippen LogP contribution in [0.15, 0.2) is 30.3 Å². The molecule has 1 unspecified atom stereocenters. The van der Waals surface area contributed by atoms with E-state index in [1.807, 2.05) is 47.6 Å². The van der Waals surface area contributed by atoms with E-state index in [0.29, 0.717) is 12.6 Å². The Morgan fingerprint density at radius 1 is 1.12 bits per heavy atom. The lowest BCUT2D eigenvalue weighted by atomic mass is 10.0. The van der Waals surface area contributed by atoms with Crippen LogP contribution in [0.25, 0.3) is 0 Å². The molecule has 1 aromatic rings. The van der Waals surface area contributed by atoms with Crippen molar-refractivity contribution in [2.75, 3.05) is 13.1 Å².